The number of hydrogen-bond acceptors (Lipinski definition) is 4. The molecule has 4 nitrogen and oxygen atoms in total. The molecule has 0 spiro atoms. The summed E-state index contributed by atoms with van der Waals surface area (Å²) in [5, 5.41) is 2.99. The van der Waals surface area contributed by atoms with Crippen molar-refractivity contribution in [3.63, 3.8) is 0 Å². The van der Waals surface area contributed by atoms with Crippen LogP contribution in [0.3, 0.4) is 0 Å². The Balaban J connectivity index is 1.39. The first-order valence-corrected chi connectivity index (χ1v) is 9.82. The van der Waals surface area contributed by atoms with E-state index in [1.165, 1.54) is 11.5 Å². The number of rotatable bonds is 7. The van der Waals surface area contributed by atoms with Gasteiger partial charge in [0.25, 0.3) is 5.56 Å². The van der Waals surface area contributed by atoms with Gasteiger partial charge in [-0.05, 0) is 53.5 Å². The number of hydrogen-bond donors (Lipinski definition) is 1. The van der Waals surface area contributed by atoms with Crippen molar-refractivity contribution in [2.75, 3.05) is 6.61 Å². The Bertz CT molecular complexity index is 1070. The van der Waals surface area contributed by atoms with Gasteiger partial charge < -0.3 is 9.72 Å². The minimum Gasteiger partial charge on any atom is -0.377 e. The van der Waals surface area contributed by atoms with E-state index >= 15 is 0 Å². The molecule has 5 heteroatoms. The molecular formula is C22H20N2O2S. The topological polar surface area (TPSA) is 55.0 Å². The summed E-state index contributed by atoms with van der Waals surface area (Å²) < 4.78 is 10.1. The molecule has 2 aromatic heterocycles. The van der Waals surface area contributed by atoms with Gasteiger partial charge in [0.1, 0.15) is 0 Å². The van der Waals surface area contributed by atoms with E-state index in [-0.39, 0.29) is 5.56 Å². The molecule has 4 aromatic rings. The summed E-state index contributed by atoms with van der Waals surface area (Å²) in [5.74, 6) is 0. The van der Waals surface area contributed by atoms with Crippen LogP contribution in [0.1, 0.15) is 17.5 Å². The molecule has 1 N–H and O–H groups in total. The number of ether oxygens (including phenoxy) is 1. The lowest BCUT2D eigenvalue weighted by Gasteiger charge is -2.06. The van der Waals surface area contributed by atoms with E-state index in [9.17, 15) is 4.79 Å². The van der Waals surface area contributed by atoms with Gasteiger partial charge in [0.2, 0.25) is 0 Å². The fourth-order valence-electron chi connectivity index (χ4n) is 3.08. The Morgan fingerprint density at radius 3 is 2.74 bits per heavy atom. The average Bonchev–Trinajstić information content (AvgIpc) is 3.23. The smallest absolute Gasteiger partial charge is 0.251 e. The molecule has 0 aliphatic rings. The summed E-state index contributed by atoms with van der Waals surface area (Å²) in [6.07, 6.45) is 1.52. The van der Waals surface area contributed by atoms with E-state index in [0.717, 1.165) is 39.7 Å². The lowest BCUT2D eigenvalue weighted by atomic mass is 10.1. The number of nitrogens with one attached hydrogen (secondary N) is 1. The predicted octanol–water partition coefficient (Wildman–Crippen LogP) is 4.80. The first kappa shape index (κ1) is 17.6. The second-order valence-corrected chi connectivity index (χ2v) is 7.12. The van der Waals surface area contributed by atoms with Crippen LogP contribution in [0.15, 0.2) is 70.8 Å². The Morgan fingerprint density at radius 1 is 1.04 bits per heavy atom. The Labute approximate surface area is 161 Å². The van der Waals surface area contributed by atoms with Crippen LogP contribution in [0, 0.1) is 0 Å². The predicted molar refractivity (Wildman–Crippen MR) is 110 cm³/mol. The molecule has 0 saturated carbocycles. The number of aromatic nitrogens is 2. The van der Waals surface area contributed by atoms with Crippen LogP contribution in [0.2, 0.25) is 0 Å². The van der Waals surface area contributed by atoms with Crippen molar-refractivity contribution in [1.29, 1.82) is 0 Å². The van der Waals surface area contributed by atoms with Crippen LogP contribution in [0.5, 0.6) is 0 Å². The lowest BCUT2D eigenvalue weighted by Crippen LogP contribution is -2.13. The molecule has 0 atom stereocenters. The molecule has 2 aromatic carbocycles. The molecule has 0 fully saturated rings. The maximum atomic E-state index is 12.4. The highest BCUT2D eigenvalue weighted by atomic mass is 32.1. The van der Waals surface area contributed by atoms with Gasteiger partial charge in [0, 0.05) is 28.6 Å². The summed E-state index contributed by atoms with van der Waals surface area (Å²) in [5.41, 5.74) is 4.73. The third-order valence-electron chi connectivity index (χ3n) is 4.50. The largest absolute Gasteiger partial charge is 0.377 e. The van der Waals surface area contributed by atoms with Crippen LogP contribution < -0.4 is 5.56 Å². The molecule has 136 valence electrons. The van der Waals surface area contributed by atoms with Crippen LogP contribution in [-0.2, 0) is 17.8 Å². The molecule has 0 aliphatic carbocycles. The van der Waals surface area contributed by atoms with Gasteiger partial charge >= 0.3 is 0 Å². The van der Waals surface area contributed by atoms with E-state index in [0.29, 0.717) is 19.6 Å². The number of fused-ring (bicyclic) bond motifs is 1. The maximum Gasteiger partial charge on any atom is 0.251 e. The number of H-pyrrole nitrogens is 1. The summed E-state index contributed by atoms with van der Waals surface area (Å²) in [4.78, 5) is 15.4. The number of aryl methyl sites for hydroxylation is 1. The van der Waals surface area contributed by atoms with E-state index in [1.807, 2.05) is 66.0 Å². The van der Waals surface area contributed by atoms with Gasteiger partial charge in [-0.1, -0.05) is 42.5 Å². The Kier molecular flexibility index (Phi) is 5.42. The van der Waals surface area contributed by atoms with Crippen molar-refractivity contribution >= 4 is 22.4 Å². The molecule has 0 radical (unpaired) electrons. The molecule has 27 heavy (non-hydrogen) atoms. The minimum atomic E-state index is -0.0269. The SMILES string of the molecule is O=c1[nH]c2cc(-c3ccsn3)ccc2cc1CCCOCc1ccccc1. The average molecular weight is 376 g/mol. The Hall–Kier alpha value is -2.76. The van der Waals surface area contributed by atoms with Gasteiger partial charge in [-0.25, -0.2) is 0 Å². The number of nitrogens with zero attached hydrogens (tertiary/aromatic N) is 1. The Morgan fingerprint density at radius 2 is 1.93 bits per heavy atom. The van der Waals surface area contributed by atoms with Crippen LogP contribution >= 0.6 is 11.5 Å². The van der Waals surface area contributed by atoms with Gasteiger partial charge in [-0.2, -0.15) is 4.37 Å². The van der Waals surface area contributed by atoms with Gasteiger partial charge in [0.15, 0.2) is 0 Å². The van der Waals surface area contributed by atoms with Gasteiger partial charge in [0.05, 0.1) is 12.3 Å². The molecule has 2 heterocycles. The zero-order valence-corrected chi connectivity index (χ0v) is 15.7. The molecule has 0 unspecified atom stereocenters. The van der Waals surface area contributed by atoms with E-state index in [2.05, 4.69) is 9.36 Å². The summed E-state index contributed by atoms with van der Waals surface area (Å²) >= 11 is 1.42. The van der Waals surface area contributed by atoms with Crippen molar-refractivity contribution in [3.05, 3.63) is 87.5 Å². The highest BCUT2D eigenvalue weighted by molar-refractivity contribution is 7.03. The molecule has 0 saturated heterocycles. The van der Waals surface area contributed by atoms with E-state index < -0.39 is 0 Å². The summed E-state index contributed by atoms with van der Waals surface area (Å²) in [6, 6.07) is 20.1. The molecule has 0 bridgehead atoms. The second-order valence-electron chi connectivity index (χ2n) is 6.45. The van der Waals surface area contributed by atoms with Crippen molar-refractivity contribution < 1.29 is 4.74 Å². The fraction of sp³-hybridized carbons (Fsp3) is 0.182. The van der Waals surface area contributed by atoms with E-state index in [4.69, 9.17) is 4.74 Å². The van der Waals surface area contributed by atoms with Gasteiger partial charge in [-0.3, -0.25) is 4.79 Å². The van der Waals surface area contributed by atoms with Gasteiger partial charge in [-0.15, -0.1) is 0 Å². The van der Waals surface area contributed by atoms with Crippen LogP contribution in [-0.4, -0.2) is 16.0 Å². The number of benzene rings is 2. The van der Waals surface area contributed by atoms with Crippen molar-refractivity contribution in [3.8, 4) is 11.3 Å². The van der Waals surface area contributed by atoms with E-state index in [1.54, 1.807) is 0 Å². The standard InChI is InChI=1S/C22H20N2O2S/c25-22-19(7-4-11-26-15-16-5-2-1-3-6-16)13-17-8-9-18(14-21(17)23-22)20-10-12-27-24-20/h1-3,5-6,8-10,12-14H,4,7,11,15H2,(H,23,25). The fourth-order valence-corrected chi connectivity index (χ4v) is 3.61. The highest BCUT2D eigenvalue weighted by Crippen LogP contribution is 2.23. The lowest BCUT2D eigenvalue weighted by molar-refractivity contribution is 0.118. The number of aromatic amines is 1. The third-order valence-corrected chi connectivity index (χ3v) is 5.06. The quantitative estimate of drug-likeness (QED) is 0.471. The van der Waals surface area contributed by atoms with Crippen molar-refractivity contribution in [2.24, 2.45) is 0 Å². The maximum absolute atomic E-state index is 12.4. The molecule has 4 rings (SSSR count). The van der Waals surface area contributed by atoms with Crippen molar-refractivity contribution in [2.45, 2.75) is 19.4 Å². The molecular weight excluding hydrogens is 356 g/mol. The highest BCUT2D eigenvalue weighted by Gasteiger charge is 2.06. The zero-order valence-electron chi connectivity index (χ0n) is 14.9. The first-order valence-electron chi connectivity index (χ1n) is 8.98. The summed E-state index contributed by atoms with van der Waals surface area (Å²) in [6.45, 7) is 1.24. The van der Waals surface area contributed by atoms with Crippen LogP contribution in [0.4, 0.5) is 0 Å². The second kappa shape index (κ2) is 8.29. The monoisotopic (exact) mass is 376 g/mol. The minimum absolute atomic E-state index is 0.0269. The summed E-state index contributed by atoms with van der Waals surface area (Å²) in [7, 11) is 0. The van der Waals surface area contributed by atoms with Crippen molar-refractivity contribution in [1.82, 2.24) is 9.36 Å². The normalized spacial score (nSPS) is 11.1. The molecule has 0 amide bonds. The number of pyridine rings is 1. The first-order chi connectivity index (χ1) is 13.3. The van der Waals surface area contributed by atoms with Crippen LogP contribution in [0.25, 0.3) is 22.2 Å². The third kappa shape index (κ3) is 4.32. The molecule has 0 aliphatic heterocycles. The zero-order chi connectivity index (χ0) is 18.5.